The van der Waals surface area contributed by atoms with E-state index in [-0.39, 0.29) is 12.4 Å². The monoisotopic (exact) mass is 314 g/mol. The number of carbonyl (C=O) groups excluding carboxylic acids is 1. The summed E-state index contributed by atoms with van der Waals surface area (Å²) in [7, 11) is 0. The second kappa shape index (κ2) is 7.21. The van der Waals surface area contributed by atoms with Crippen LogP contribution in [-0.4, -0.2) is 17.4 Å². The number of carbonyl (C=O) groups is 1. The van der Waals surface area contributed by atoms with Crippen LogP contribution in [0.1, 0.15) is 15.9 Å². The van der Waals surface area contributed by atoms with Gasteiger partial charge < -0.3 is 4.74 Å². The molecule has 0 aliphatic heterocycles. The Morgan fingerprint density at radius 3 is 2.42 bits per heavy atom. The van der Waals surface area contributed by atoms with Gasteiger partial charge >= 0.3 is 0 Å². The number of pyridine rings is 1. The van der Waals surface area contributed by atoms with Gasteiger partial charge in [-0.15, -0.1) is 0 Å². The van der Waals surface area contributed by atoms with Crippen molar-refractivity contribution in [2.24, 2.45) is 0 Å². The Hall–Kier alpha value is -3.45. The fourth-order valence-electron chi connectivity index (χ4n) is 2.30. The Labute approximate surface area is 140 Å². The third-order valence-corrected chi connectivity index (χ3v) is 3.57. The Kier molecular flexibility index (Phi) is 4.64. The quantitative estimate of drug-likeness (QED) is 0.670. The Morgan fingerprint density at radius 2 is 1.71 bits per heavy atom. The molecular formula is C20H14N2O2. The summed E-state index contributed by atoms with van der Waals surface area (Å²) in [5, 5.41) is 8.98. The number of nitrogens with zero attached hydrogens (tertiary/aromatic N) is 2. The Morgan fingerprint density at radius 1 is 1.00 bits per heavy atom. The summed E-state index contributed by atoms with van der Waals surface area (Å²) in [6.45, 7) is -0.122. The van der Waals surface area contributed by atoms with E-state index >= 15 is 0 Å². The highest BCUT2D eigenvalue weighted by Gasteiger charge is 2.09. The lowest BCUT2D eigenvalue weighted by Crippen LogP contribution is -2.12. The molecule has 0 N–H and O–H groups in total. The summed E-state index contributed by atoms with van der Waals surface area (Å²) in [4.78, 5) is 16.1. The molecule has 1 heterocycles. The second-order valence-corrected chi connectivity index (χ2v) is 5.14. The smallest absolute Gasteiger partial charge is 0.200 e. The van der Waals surface area contributed by atoms with Crippen LogP contribution in [-0.2, 0) is 0 Å². The first kappa shape index (κ1) is 15.4. The zero-order chi connectivity index (χ0) is 16.8. The van der Waals surface area contributed by atoms with Gasteiger partial charge in [-0.2, -0.15) is 5.26 Å². The van der Waals surface area contributed by atoms with Gasteiger partial charge in [-0.05, 0) is 17.2 Å². The van der Waals surface area contributed by atoms with E-state index in [1.807, 2.05) is 48.5 Å². The van der Waals surface area contributed by atoms with Crippen LogP contribution >= 0.6 is 0 Å². The van der Waals surface area contributed by atoms with Crippen molar-refractivity contribution in [3.63, 3.8) is 0 Å². The second-order valence-electron chi connectivity index (χ2n) is 5.14. The van der Waals surface area contributed by atoms with Crippen LogP contribution in [0.4, 0.5) is 0 Å². The predicted octanol–water partition coefficient (Wildman–Crippen LogP) is 3.88. The molecule has 0 saturated carbocycles. The number of aromatic nitrogens is 1. The highest BCUT2D eigenvalue weighted by atomic mass is 16.5. The molecule has 0 spiro atoms. The zero-order valence-electron chi connectivity index (χ0n) is 12.8. The Balaban J connectivity index is 1.69. The summed E-state index contributed by atoms with van der Waals surface area (Å²) < 4.78 is 5.45. The van der Waals surface area contributed by atoms with Crippen LogP contribution in [0.15, 0.2) is 73.1 Å². The van der Waals surface area contributed by atoms with Crippen LogP contribution in [0, 0.1) is 11.3 Å². The van der Waals surface area contributed by atoms with Crippen molar-refractivity contribution < 1.29 is 9.53 Å². The van der Waals surface area contributed by atoms with Crippen LogP contribution in [0.2, 0.25) is 0 Å². The minimum absolute atomic E-state index is 0.122. The summed E-state index contributed by atoms with van der Waals surface area (Å²) in [6.07, 6.45) is 2.93. The van der Waals surface area contributed by atoms with Gasteiger partial charge in [-0.1, -0.05) is 54.6 Å². The lowest BCUT2D eigenvalue weighted by molar-refractivity contribution is 0.0921. The van der Waals surface area contributed by atoms with Crippen molar-refractivity contribution in [1.82, 2.24) is 4.98 Å². The highest BCUT2D eigenvalue weighted by Crippen LogP contribution is 2.20. The van der Waals surface area contributed by atoms with Crippen LogP contribution < -0.4 is 4.74 Å². The molecule has 3 rings (SSSR count). The zero-order valence-corrected chi connectivity index (χ0v) is 12.8. The third-order valence-electron chi connectivity index (χ3n) is 3.57. The first-order valence-electron chi connectivity index (χ1n) is 7.43. The van der Waals surface area contributed by atoms with E-state index in [2.05, 4.69) is 4.98 Å². The number of ketones is 1. The van der Waals surface area contributed by atoms with E-state index < -0.39 is 0 Å². The van der Waals surface area contributed by atoms with Crippen molar-refractivity contribution in [3.05, 3.63) is 84.2 Å². The van der Waals surface area contributed by atoms with E-state index in [0.29, 0.717) is 16.9 Å². The van der Waals surface area contributed by atoms with E-state index in [4.69, 9.17) is 10.00 Å². The molecule has 0 atom stereocenters. The predicted molar refractivity (Wildman–Crippen MR) is 90.7 cm³/mol. The average Bonchev–Trinajstić information content (AvgIpc) is 2.67. The molecule has 0 unspecified atom stereocenters. The molecule has 0 fully saturated rings. The number of benzene rings is 2. The van der Waals surface area contributed by atoms with Crippen molar-refractivity contribution in [1.29, 1.82) is 5.26 Å². The van der Waals surface area contributed by atoms with Gasteiger partial charge in [0.2, 0.25) is 0 Å². The average molecular weight is 314 g/mol. The van der Waals surface area contributed by atoms with Crippen molar-refractivity contribution in [3.8, 4) is 22.9 Å². The van der Waals surface area contributed by atoms with Crippen LogP contribution in [0.5, 0.6) is 5.75 Å². The minimum Gasteiger partial charge on any atom is -0.484 e. The number of hydrogen-bond donors (Lipinski definition) is 0. The Bertz CT molecular complexity index is 882. The van der Waals surface area contributed by atoms with Crippen molar-refractivity contribution in [2.45, 2.75) is 0 Å². The lowest BCUT2D eigenvalue weighted by atomic mass is 10.0. The lowest BCUT2D eigenvalue weighted by Gasteiger charge is -2.07. The first-order valence-corrected chi connectivity index (χ1v) is 7.43. The first-order chi connectivity index (χ1) is 11.8. The minimum atomic E-state index is -0.143. The van der Waals surface area contributed by atoms with Crippen LogP contribution in [0.3, 0.4) is 0 Å². The molecule has 1 aromatic heterocycles. The summed E-state index contributed by atoms with van der Waals surface area (Å²) in [5.41, 5.74) is 3.03. The molecule has 116 valence electrons. The van der Waals surface area contributed by atoms with Gasteiger partial charge in [0, 0.05) is 18.0 Å². The molecule has 0 aliphatic carbocycles. The summed E-state index contributed by atoms with van der Waals surface area (Å²) in [6, 6.07) is 20.9. The molecule has 24 heavy (non-hydrogen) atoms. The van der Waals surface area contributed by atoms with E-state index in [1.165, 1.54) is 12.4 Å². The maximum Gasteiger partial charge on any atom is 0.200 e. The molecule has 3 aromatic rings. The highest BCUT2D eigenvalue weighted by molar-refractivity contribution is 5.97. The maximum absolute atomic E-state index is 12.2. The fourth-order valence-corrected chi connectivity index (χ4v) is 2.30. The number of Topliss-reactive ketones (excluding diaryl/α,β-unsaturated/α-hetero) is 1. The molecule has 2 aromatic carbocycles. The van der Waals surface area contributed by atoms with Crippen LogP contribution in [0.25, 0.3) is 11.1 Å². The SMILES string of the molecule is N#Cc1cnccc1OCC(=O)c1ccc(-c2ccccc2)cc1. The largest absolute Gasteiger partial charge is 0.484 e. The molecule has 4 heteroatoms. The molecule has 0 aliphatic rings. The topological polar surface area (TPSA) is 63.0 Å². The fraction of sp³-hybridized carbons (Fsp3) is 0.0500. The van der Waals surface area contributed by atoms with Gasteiger partial charge in [-0.25, -0.2) is 0 Å². The van der Waals surface area contributed by atoms with Gasteiger partial charge in [0.25, 0.3) is 0 Å². The normalized spacial score (nSPS) is 9.96. The summed E-state index contributed by atoms with van der Waals surface area (Å²) >= 11 is 0. The third kappa shape index (κ3) is 3.47. The van der Waals surface area contributed by atoms with E-state index in [1.54, 1.807) is 18.2 Å². The number of nitriles is 1. The molecule has 0 amide bonds. The molecule has 4 nitrogen and oxygen atoms in total. The van der Waals surface area contributed by atoms with E-state index in [0.717, 1.165) is 11.1 Å². The van der Waals surface area contributed by atoms with Gasteiger partial charge in [-0.3, -0.25) is 9.78 Å². The number of hydrogen-bond acceptors (Lipinski definition) is 4. The van der Waals surface area contributed by atoms with Crippen molar-refractivity contribution in [2.75, 3.05) is 6.61 Å². The molecular weight excluding hydrogens is 300 g/mol. The number of ether oxygens (including phenoxy) is 1. The van der Waals surface area contributed by atoms with Gasteiger partial charge in [0.05, 0.1) is 0 Å². The molecule has 0 radical (unpaired) electrons. The van der Waals surface area contributed by atoms with Gasteiger partial charge in [0.1, 0.15) is 17.4 Å². The molecule has 0 saturated heterocycles. The maximum atomic E-state index is 12.2. The molecule has 0 bridgehead atoms. The van der Waals surface area contributed by atoms with Crippen molar-refractivity contribution >= 4 is 5.78 Å². The summed E-state index contributed by atoms with van der Waals surface area (Å²) in [5.74, 6) is 0.220. The van der Waals surface area contributed by atoms with Gasteiger partial charge in [0.15, 0.2) is 12.4 Å². The standard InChI is InChI=1S/C20H14N2O2/c21-12-18-13-22-11-10-20(18)24-14-19(23)17-8-6-16(7-9-17)15-4-2-1-3-5-15/h1-11,13H,14H2. The number of rotatable bonds is 5. The van der Waals surface area contributed by atoms with E-state index in [9.17, 15) is 4.79 Å².